The van der Waals surface area contributed by atoms with E-state index in [2.05, 4.69) is 5.32 Å². The summed E-state index contributed by atoms with van der Waals surface area (Å²) in [6.07, 6.45) is 5.00. The maximum absolute atomic E-state index is 13.1. The minimum Gasteiger partial charge on any atom is -0.324 e. The highest BCUT2D eigenvalue weighted by Crippen LogP contribution is 2.26. The van der Waals surface area contributed by atoms with Crippen molar-refractivity contribution in [2.45, 2.75) is 50.0 Å². The number of rotatable bonds is 8. The summed E-state index contributed by atoms with van der Waals surface area (Å²) < 4.78 is 53.6. The second kappa shape index (κ2) is 11.1. The van der Waals surface area contributed by atoms with E-state index in [0.717, 1.165) is 36.2 Å². The summed E-state index contributed by atoms with van der Waals surface area (Å²) in [5, 5.41) is 3.16. The highest BCUT2D eigenvalue weighted by Gasteiger charge is 2.32. The van der Waals surface area contributed by atoms with Crippen molar-refractivity contribution in [2.75, 3.05) is 29.0 Å². The minimum absolute atomic E-state index is 0.165. The third-order valence-corrected chi connectivity index (χ3v) is 9.08. The van der Waals surface area contributed by atoms with Crippen LogP contribution in [0.3, 0.4) is 0 Å². The number of anilines is 2. The van der Waals surface area contributed by atoms with E-state index < -0.39 is 32.0 Å². The van der Waals surface area contributed by atoms with Crippen LogP contribution in [0.4, 0.5) is 11.4 Å². The van der Waals surface area contributed by atoms with Gasteiger partial charge >= 0.3 is 0 Å². The van der Waals surface area contributed by atoms with Crippen LogP contribution in [0.25, 0.3) is 0 Å². The monoisotopic (exact) mass is 527 g/mol. The Morgan fingerprint density at radius 3 is 2.03 bits per heavy atom. The number of nitrogens with zero attached hydrogens (tertiary/aromatic N) is 2. The van der Waals surface area contributed by atoms with Gasteiger partial charge in [-0.15, -0.1) is 0 Å². The van der Waals surface area contributed by atoms with Gasteiger partial charge in [0.05, 0.1) is 16.8 Å². The molecule has 0 spiro atoms. The molecule has 0 saturated carbocycles. The highest BCUT2D eigenvalue weighted by atomic mass is 35.5. The molecule has 0 aliphatic carbocycles. The standard InChI is InChI=1S/C23H30ClN3O5S2/c1-3-22(27(33(2,29)30)20-12-8-18(24)9-13-20)23(28)25-19-10-14-21(15-11-19)34(31,32)26-16-6-4-5-7-17-26/h8-15,22H,3-7,16-17H2,1-2H3,(H,25,28)/t22-/m0/s1. The third kappa shape index (κ3) is 6.29. The first-order chi connectivity index (χ1) is 16.0. The lowest BCUT2D eigenvalue weighted by molar-refractivity contribution is -0.117. The zero-order valence-electron chi connectivity index (χ0n) is 19.3. The fourth-order valence-corrected chi connectivity index (χ4v) is 6.87. The van der Waals surface area contributed by atoms with Crippen LogP contribution < -0.4 is 9.62 Å². The van der Waals surface area contributed by atoms with Crippen LogP contribution in [-0.2, 0) is 24.8 Å². The molecule has 1 atom stereocenters. The highest BCUT2D eigenvalue weighted by molar-refractivity contribution is 7.92. The summed E-state index contributed by atoms with van der Waals surface area (Å²) >= 11 is 5.92. The molecular formula is C23H30ClN3O5S2. The van der Waals surface area contributed by atoms with Gasteiger partial charge in [-0.3, -0.25) is 9.10 Å². The molecule has 1 heterocycles. The Balaban J connectivity index is 1.79. The van der Waals surface area contributed by atoms with Crippen molar-refractivity contribution in [1.82, 2.24) is 4.31 Å². The predicted molar refractivity (Wildman–Crippen MR) is 135 cm³/mol. The van der Waals surface area contributed by atoms with Gasteiger partial charge in [0, 0.05) is 23.8 Å². The van der Waals surface area contributed by atoms with Crippen molar-refractivity contribution in [3.63, 3.8) is 0 Å². The number of nitrogens with one attached hydrogen (secondary N) is 1. The molecule has 3 rings (SSSR count). The van der Waals surface area contributed by atoms with E-state index in [1.54, 1.807) is 31.2 Å². The Labute approximate surface area is 207 Å². The molecule has 34 heavy (non-hydrogen) atoms. The van der Waals surface area contributed by atoms with Gasteiger partial charge in [0.1, 0.15) is 6.04 Å². The van der Waals surface area contributed by atoms with Crippen LogP contribution in [0, 0.1) is 0 Å². The Hall–Kier alpha value is -2.14. The first-order valence-electron chi connectivity index (χ1n) is 11.2. The molecule has 1 amide bonds. The molecule has 1 saturated heterocycles. The third-order valence-electron chi connectivity index (χ3n) is 5.74. The Morgan fingerprint density at radius 1 is 0.971 bits per heavy atom. The summed E-state index contributed by atoms with van der Waals surface area (Å²) in [5.74, 6) is -0.522. The number of hydrogen-bond donors (Lipinski definition) is 1. The molecule has 1 aliphatic rings. The summed E-state index contributed by atoms with van der Waals surface area (Å²) in [5.41, 5.74) is 0.704. The van der Waals surface area contributed by atoms with Gasteiger partial charge in [0.2, 0.25) is 26.0 Å². The SMILES string of the molecule is CC[C@@H](C(=O)Nc1ccc(S(=O)(=O)N2CCCCCC2)cc1)N(c1ccc(Cl)cc1)S(C)(=O)=O. The summed E-state index contributed by atoms with van der Waals surface area (Å²) in [4.78, 5) is 13.2. The molecule has 1 N–H and O–H groups in total. The number of halogens is 1. The van der Waals surface area contributed by atoms with Gasteiger partial charge in [-0.2, -0.15) is 4.31 Å². The van der Waals surface area contributed by atoms with Crippen molar-refractivity contribution in [1.29, 1.82) is 0 Å². The second-order valence-electron chi connectivity index (χ2n) is 8.29. The number of sulfonamides is 2. The smallest absolute Gasteiger partial charge is 0.248 e. The van der Waals surface area contributed by atoms with E-state index in [1.807, 2.05) is 0 Å². The van der Waals surface area contributed by atoms with Crippen LogP contribution in [0.15, 0.2) is 53.4 Å². The second-order valence-corrected chi connectivity index (χ2v) is 12.5. The molecule has 11 heteroatoms. The molecule has 8 nitrogen and oxygen atoms in total. The van der Waals surface area contributed by atoms with E-state index in [9.17, 15) is 21.6 Å². The Bertz CT molecular complexity index is 1190. The van der Waals surface area contributed by atoms with Crippen molar-refractivity contribution in [2.24, 2.45) is 0 Å². The zero-order valence-corrected chi connectivity index (χ0v) is 21.7. The summed E-state index contributed by atoms with van der Waals surface area (Å²) in [6.45, 7) is 2.73. The Morgan fingerprint density at radius 2 is 1.53 bits per heavy atom. The van der Waals surface area contributed by atoms with E-state index in [-0.39, 0.29) is 11.3 Å². The first-order valence-corrected chi connectivity index (χ1v) is 14.9. The average molecular weight is 528 g/mol. The number of hydrogen-bond acceptors (Lipinski definition) is 5. The lowest BCUT2D eigenvalue weighted by Crippen LogP contribution is -2.47. The van der Waals surface area contributed by atoms with E-state index >= 15 is 0 Å². The Kier molecular flexibility index (Phi) is 8.62. The van der Waals surface area contributed by atoms with Crippen molar-refractivity contribution in [3.05, 3.63) is 53.6 Å². The quantitative estimate of drug-likeness (QED) is 0.557. The molecular weight excluding hydrogens is 498 g/mol. The topological polar surface area (TPSA) is 104 Å². The maximum Gasteiger partial charge on any atom is 0.248 e. The van der Waals surface area contributed by atoms with Crippen LogP contribution in [0.5, 0.6) is 0 Å². The zero-order chi connectivity index (χ0) is 24.9. The molecule has 1 aliphatic heterocycles. The first kappa shape index (κ1) is 26.5. The predicted octanol–water partition coefficient (Wildman–Crippen LogP) is 4.09. The van der Waals surface area contributed by atoms with Crippen molar-refractivity contribution < 1.29 is 21.6 Å². The molecule has 0 radical (unpaired) electrons. The lowest BCUT2D eigenvalue weighted by atomic mass is 10.2. The van der Waals surface area contributed by atoms with E-state index in [4.69, 9.17) is 11.6 Å². The van der Waals surface area contributed by atoms with E-state index in [1.165, 1.54) is 28.6 Å². The van der Waals surface area contributed by atoms with Crippen LogP contribution in [-0.4, -0.2) is 52.4 Å². The van der Waals surface area contributed by atoms with Crippen LogP contribution >= 0.6 is 11.6 Å². The fraction of sp³-hybridized carbons (Fsp3) is 0.435. The molecule has 2 aromatic rings. The number of benzene rings is 2. The molecule has 0 aromatic heterocycles. The minimum atomic E-state index is -3.78. The molecule has 186 valence electrons. The normalized spacial score (nSPS) is 16.4. The van der Waals surface area contributed by atoms with Gasteiger partial charge in [0.15, 0.2) is 0 Å². The molecule has 0 bridgehead atoms. The molecule has 0 unspecified atom stereocenters. The van der Waals surface area contributed by atoms with Crippen LogP contribution in [0.2, 0.25) is 5.02 Å². The van der Waals surface area contributed by atoms with Gasteiger partial charge in [-0.05, 0) is 67.8 Å². The largest absolute Gasteiger partial charge is 0.324 e. The van der Waals surface area contributed by atoms with Crippen LogP contribution in [0.1, 0.15) is 39.0 Å². The molecule has 1 fully saturated rings. The number of carbonyl (C=O) groups is 1. The van der Waals surface area contributed by atoms with Gasteiger partial charge < -0.3 is 5.32 Å². The van der Waals surface area contributed by atoms with E-state index in [0.29, 0.717) is 29.5 Å². The van der Waals surface area contributed by atoms with Gasteiger partial charge in [-0.25, -0.2) is 16.8 Å². The van der Waals surface area contributed by atoms with Crippen molar-refractivity contribution in [3.8, 4) is 0 Å². The number of amides is 1. The summed E-state index contributed by atoms with van der Waals surface area (Å²) in [7, 11) is -7.38. The fourth-order valence-electron chi connectivity index (χ4n) is 4.02. The maximum atomic E-state index is 13.1. The van der Waals surface area contributed by atoms with Crippen molar-refractivity contribution >= 4 is 48.9 Å². The lowest BCUT2D eigenvalue weighted by Gasteiger charge is -2.30. The number of carbonyl (C=O) groups excluding carboxylic acids is 1. The molecule has 2 aromatic carbocycles. The summed E-state index contributed by atoms with van der Waals surface area (Å²) in [6, 6.07) is 11.2. The average Bonchev–Trinajstić information content (AvgIpc) is 3.08. The van der Waals surface area contributed by atoms with Gasteiger partial charge in [0.25, 0.3) is 0 Å². The van der Waals surface area contributed by atoms with Gasteiger partial charge in [-0.1, -0.05) is 31.4 Å².